The first-order valence-corrected chi connectivity index (χ1v) is 10.5. The van der Waals surface area contributed by atoms with E-state index < -0.39 is 60.6 Å². The highest BCUT2D eigenvalue weighted by molar-refractivity contribution is 5.52. The number of aliphatic hydroxyl groups is 1. The molecule has 0 saturated heterocycles. The summed E-state index contributed by atoms with van der Waals surface area (Å²) in [7, 11) is 0. The maximum absolute atomic E-state index is 14.4. The number of alkyl halides is 9. The minimum absolute atomic E-state index is 0.0622. The van der Waals surface area contributed by atoms with Crippen LogP contribution in [0, 0.1) is 5.82 Å². The molecular weight excluding hydrogens is 540 g/mol. The minimum Gasteiger partial charge on any atom is -0.457 e. The van der Waals surface area contributed by atoms with Crippen molar-refractivity contribution in [3.63, 3.8) is 0 Å². The number of anilines is 1. The van der Waals surface area contributed by atoms with Crippen LogP contribution in [0.5, 0.6) is 17.2 Å². The standard InChI is InChI=1S/C24H17F10NO3/c25-20-9-15(22(26,27)28)8-7-14(20)12-35(13-21(36)23(29,30)31)16-3-1-4-17(10-16)37-18-5-2-6-19(11-18)38-24(32,33)34/h1-11,21,36H,12-13H2/t21-/m1/s1. The number of benzene rings is 3. The van der Waals surface area contributed by atoms with E-state index in [0.29, 0.717) is 6.07 Å². The molecule has 0 unspecified atom stereocenters. The maximum Gasteiger partial charge on any atom is 0.573 e. The minimum atomic E-state index is -5.07. The zero-order valence-electron chi connectivity index (χ0n) is 18.8. The Morgan fingerprint density at radius 2 is 1.37 bits per heavy atom. The van der Waals surface area contributed by atoms with Crippen LogP contribution >= 0.6 is 0 Å². The molecule has 0 aliphatic heterocycles. The van der Waals surface area contributed by atoms with Crippen LogP contribution < -0.4 is 14.4 Å². The van der Waals surface area contributed by atoms with Crippen molar-refractivity contribution in [1.29, 1.82) is 0 Å². The lowest BCUT2D eigenvalue weighted by molar-refractivity contribution is -0.274. The largest absolute Gasteiger partial charge is 0.573 e. The van der Waals surface area contributed by atoms with E-state index in [1.54, 1.807) is 0 Å². The summed E-state index contributed by atoms with van der Waals surface area (Å²) in [6.45, 7) is -1.79. The van der Waals surface area contributed by atoms with E-state index in [1.165, 1.54) is 30.3 Å². The van der Waals surface area contributed by atoms with Crippen molar-refractivity contribution >= 4 is 5.69 Å². The Hall–Kier alpha value is -3.68. The number of hydrogen-bond donors (Lipinski definition) is 1. The Balaban J connectivity index is 1.90. The molecule has 0 bridgehead atoms. The van der Waals surface area contributed by atoms with Gasteiger partial charge in [-0.25, -0.2) is 4.39 Å². The molecule has 0 aliphatic carbocycles. The SMILES string of the molecule is O[C@H](CN(Cc1ccc(C(F)(F)F)cc1F)c1cccc(Oc2cccc(OC(F)(F)F)c2)c1)C(F)(F)F. The molecule has 3 aromatic carbocycles. The third kappa shape index (κ3) is 8.16. The summed E-state index contributed by atoms with van der Waals surface area (Å²) in [5.74, 6) is -2.12. The van der Waals surface area contributed by atoms with Crippen LogP contribution in [0.4, 0.5) is 49.6 Å². The average Bonchev–Trinajstić information content (AvgIpc) is 2.77. The molecule has 3 rings (SSSR count). The fourth-order valence-corrected chi connectivity index (χ4v) is 3.25. The maximum atomic E-state index is 14.4. The third-order valence-corrected chi connectivity index (χ3v) is 4.97. The first-order valence-electron chi connectivity index (χ1n) is 10.5. The van der Waals surface area contributed by atoms with Crippen molar-refractivity contribution in [3.8, 4) is 17.2 Å². The van der Waals surface area contributed by atoms with Crippen molar-refractivity contribution < 1.29 is 58.5 Å². The Morgan fingerprint density at radius 3 is 1.95 bits per heavy atom. The molecule has 1 N–H and O–H groups in total. The second-order valence-corrected chi connectivity index (χ2v) is 7.86. The smallest absolute Gasteiger partial charge is 0.457 e. The Kier molecular flexibility index (Phi) is 8.34. The van der Waals surface area contributed by atoms with Gasteiger partial charge in [-0.3, -0.25) is 0 Å². The van der Waals surface area contributed by atoms with E-state index in [9.17, 15) is 49.0 Å². The first-order chi connectivity index (χ1) is 17.5. The summed E-state index contributed by atoms with van der Waals surface area (Å²) in [6.07, 6.45) is -17.8. The van der Waals surface area contributed by atoms with Gasteiger partial charge in [-0.05, 0) is 36.4 Å². The highest BCUT2D eigenvalue weighted by atomic mass is 19.4. The van der Waals surface area contributed by atoms with Crippen LogP contribution in [-0.2, 0) is 12.7 Å². The second kappa shape index (κ2) is 11.0. The summed E-state index contributed by atoms with van der Waals surface area (Å²) in [4.78, 5) is 0.861. The van der Waals surface area contributed by atoms with Gasteiger partial charge >= 0.3 is 18.7 Å². The fraction of sp³-hybridized carbons (Fsp3) is 0.250. The summed E-state index contributed by atoms with van der Waals surface area (Å²) < 4.78 is 139. The van der Waals surface area contributed by atoms with E-state index >= 15 is 0 Å². The molecule has 0 aliphatic rings. The molecule has 0 radical (unpaired) electrons. The van der Waals surface area contributed by atoms with Gasteiger partial charge in [0.15, 0.2) is 6.10 Å². The molecule has 0 heterocycles. The van der Waals surface area contributed by atoms with Gasteiger partial charge in [0.1, 0.15) is 23.1 Å². The van der Waals surface area contributed by atoms with E-state index in [1.807, 2.05) is 0 Å². The third-order valence-electron chi connectivity index (χ3n) is 4.97. The lowest BCUT2D eigenvalue weighted by atomic mass is 10.1. The highest BCUT2D eigenvalue weighted by Gasteiger charge is 2.39. The fourth-order valence-electron chi connectivity index (χ4n) is 3.25. The van der Waals surface area contributed by atoms with Gasteiger partial charge < -0.3 is 19.5 Å². The lowest BCUT2D eigenvalue weighted by Gasteiger charge is -2.29. The van der Waals surface area contributed by atoms with Crippen molar-refractivity contribution in [2.45, 2.75) is 31.4 Å². The van der Waals surface area contributed by atoms with Gasteiger partial charge in [-0.1, -0.05) is 18.2 Å². The van der Waals surface area contributed by atoms with E-state index in [-0.39, 0.29) is 23.3 Å². The van der Waals surface area contributed by atoms with Crippen LogP contribution in [0.15, 0.2) is 66.7 Å². The summed E-state index contributed by atoms with van der Waals surface area (Å²) in [5.41, 5.74) is -1.75. The molecule has 1 atom stereocenters. The van der Waals surface area contributed by atoms with Crippen LogP contribution in [0.1, 0.15) is 11.1 Å². The van der Waals surface area contributed by atoms with Gasteiger partial charge in [0.2, 0.25) is 0 Å². The van der Waals surface area contributed by atoms with Gasteiger partial charge in [0.05, 0.1) is 12.1 Å². The van der Waals surface area contributed by atoms with Crippen molar-refractivity contribution in [1.82, 2.24) is 0 Å². The van der Waals surface area contributed by atoms with Gasteiger partial charge in [-0.2, -0.15) is 26.3 Å². The number of nitrogens with zero attached hydrogens (tertiary/aromatic N) is 1. The number of halogens is 10. The van der Waals surface area contributed by atoms with E-state index in [2.05, 4.69) is 4.74 Å². The van der Waals surface area contributed by atoms with Crippen LogP contribution in [0.25, 0.3) is 0 Å². The average molecular weight is 557 g/mol. The highest BCUT2D eigenvalue weighted by Crippen LogP contribution is 2.33. The summed E-state index contributed by atoms with van der Waals surface area (Å²) in [6, 6.07) is 10.9. The van der Waals surface area contributed by atoms with Crippen molar-refractivity contribution in [2.24, 2.45) is 0 Å². The topological polar surface area (TPSA) is 41.9 Å². The van der Waals surface area contributed by atoms with Gasteiger partial charge in [0.25, 0.3) is 0 Å². The van der Waals surface area contributed by atoms with Gasteiger partial charge in [-0.15, -0.1) is 13.2 Å². The first kappa shape index (κ1) is 28.9. The molecule has 0 saturated carbocycles. The molecule has 0 amide bonds. The van der Waals surface area contributed by atoms with Crippen molar-refractivity contribution in [3.05, 3.63) is 83.7 Å². The Labute approximate surface area is 208 Å². The van der Waals surface area contributed by atoms with E-state index in [0.717, 1.165) is 29.2 Å². The van der Waals surface area contributed by atoms with Crippen molar-refractivity contribution in [2.75, 3.05) is 11.4 Å². The molecule has 14 heteroatoms. The predicted molar refractivity (Wildman–Crippen MR) is 114 cm³/mol. The molecule has 0 aromatic heterocycles. The van der Waals surface area contributed by atoms with E-state index in [4.69, 9.17) is 4.74 Å². The normalized spacial score (nSPS) is 13.2. The zero-order valence-corrected chi connectivity index (χ0v) is 18.8. The molecule has 206 valence electrons. The zero-order chi connectivity index (χ0) is 28.3. The predicted octanol–water partition coefficient (Wildman–Crippen LogP) is 7.47. The molecule has 4 nitrogen and oxygen atoms in total. The molecular formula is C24H17F10NO3. The molecule has 3 aromatic rings. The van der Waals surface area contributed by atoms with Gasteiger partial charge in [0, 0.05) is 29.9 Å². The number of rotatable bonds is 8. The Bertz CT molecular complexity index is 1240. The summed E-state index contributed by atoms with van der Waals surface area (Å²) >= 11 is 0. The molecule has 38 heavy (non-hydrogen) atoms. The summed E-state index contributed by atoms with van der Waals surface area (Å²) in [5, 5.41) is 9.60. The monoisotopic (exact) mass is 557 g/mol. The van der Waals surface area contributed by atoms with Crippen LogP contribution in [0.2, 0.25) is 0 Å². The van der Waals surface area contributed by atoms with Crippen LogP contribution in [-0.4, -0.2) is 30.3 Å². The quantitative estimate of drug-likeness (QED) is 0.292. The second-order valence-electron chi connectivity index (χ2n) is 7.86. The molecule has 0 fully saturated rings. The number of hydrogen-bond acceptors (Lipinski definition) is 4. The number of ether oxygens (including phenoxy) is 2. The van der Waals surface area contributed by atoms with Crippen LogP contribution in [0.3, 0.4) is 0 Å². The lowest BCUT2D eigenvalue weighted by Crippen LogP contribution is -2.41. The number of aliphatic hydroxyl groups excluding tert-OH is 1. The molecule has 0 spiro atoms. The Morgan fingerprint density at radius 1 is 0.763 bits per heavy atom.